The summed E-state index contributed by atoms with van der Waals surface area (Å²) in [5.74, 6) is -0.418. The number of carboxylic acids is 1. The summed E-state index contributed by atoms with van der Waals surface area (Å²) in [5, 5.41) is 19.7. The van der Waals surface area contributed by atoms with Crippen molar-refractivity contribution < 1.29 is 14.7 Å². The lowest BCUT2D eigenvalue weighted by atomic mass is 9.77. The van der Waals surface area contributed by atoms with Crippen LogP contribution in [0.3, 0.4) is 0 Å². The van der Waals surface area contributed by atoms with Gasteiger partial charge in [-0.05, 0) is 71.8 Å². The number of Topliss-reactive ketones (excluding diaryl/α,β-unsaturated/α-hetero) is 1. The number of hydrogen-bond donors (Lipinski definition) is 2. The molecule has 0 amide bonds. The first-order chi connectivity index (χ1) is 19.7. The minimum atomic E-state index is -1.43. The Morgan fingerprint density at radius 1 is 0.927 bits per heavy atom. The van der Waals surface area contributed by atoms with Gasteiger partial charge in [0.15, 0.2) is 5.78 Å². The molecule has 41 heavy (non-hydrogen) atoms. The van der Waals surface area contributed by atoms with Crippen LogP contribution in [0.4, 0.5) is 0 Å². The lowest BCUT2D eigenvalue weighted by molar-refractivity contribution is -0.144. The molecule has 2 N–H and O–H groups in total. The Hall–Kier alpha value is -4.55. The zero-order valence-electron chi connectivity index (χ0n) is 22.5. The van der Waals surface area contributed by atoms with E-state index in [-0.39, 0.29) is 30.8 Å². The monoisotopic (exact) mass is 561 g/mol. The molecule has 204 valence electrons. The van der Waals surface area contributed by atoms with Crippen LogP contribution < -0.4 is 0 Å². The van der Waals surface area contributed by atoms with Crippen LogP contribution in [0.1, 0.15) is 39.3 Å². The van der Waals surface area contributed by atoms with Gasteiger partial charge in [-0.2, -0.15) is 0 Å². The molecule has 0 spiro atoms. The molecule has 0 radical (unpaired) electrons. The summed E-state index contributed by atoms with van der Waals surface area (Å²) in [7, 11) is 0. The summed E-state index contributed by atoms with van der Waals surface area (Å²) < 4.78 is 2.13. The predicted molar refractivity (Wildman–Crippen MR) is 161 cm³/mol. The molecule has 1 aliphatic rings. The topological polar surface area (TPSA) is 96.0 Å². The van der Waals surface area contributed by atoms with Gasteiger partial charge in [0.05, 0.1) is 11.0 Å². The van der Waals surface area contributed by atoms with E-state index in [1.807, 2.05) is 85.8 Å². The molecule has 5 aromatic rings. The van der Waals surface area contributed by atoms with E-state index in [2.05, 4.69) is 9.55 Å². The number of para-hydroxylation sites is 2. The molecular formula is C34H28ClN3O3. The van der Waals surface area contributed by atoms with Crippen LogP contribution in [0, 0.1) is 17.7 Å². The average molecular weight is 562 g/mol. The van der Waals surface area contributed by atoms with Crippen molar-refractivity contribution >= 4 is 40.1 Å². The van der Waals surface area contributed by atoms with E-state index < -0.39 is 11.4 Å². The zero-order chi connectivity index (χ0) is 28.7. The predicted octanol–water partition coefficient (Wildman–Crippen LogP) is 7.18. The van der Waals surface area contributed by atoms with Crippen molar-refractivity contribution in [3.8, 4) is 11.1 Å². The number of imidazole rings is 1. The van der Waals surface area contributed by atoms with Gasteiger partial charge in [-0.25, -0.2) is 4.98 Å². The first-order valence-electron chi connectivity index (χ1n) is 13.5. The fourth-order valence-corrected chi connectivity index (χ4v) is 5.92. The molecule has 0 fully saturated rings. The lowest BCUT2D eigenvalue weighted by Crippen LogP contribution is -2.40. The highest BCUT2D eigenvalue weighted by atomic mass is 35.5. The molecule has 1 aliphatic carbocycles. The van der Waals surface area contributed by atoms with Gasteiger partial charge in [0.25, 0.3) is 0 Å². The second-order valence-electron chi connectivity index (χ2n) is 10.7. The number of aromatic nitrogens is 2. The number of halogens is 1. The quantitative estimate of drug-likeness (QED) is 0.155. The van der Waals surface area contributed by atoms with Crippen LogP contribution in [0.5, 0.6) is 0 Å². The van der Waals surface area contributed by atoms with E-state index in [1.54, 1.807) is 12.1 Å². The number of aryl methyl sites for hydroxylation is 1. The summed E-state index contributed by atoms with van der Waals surface area (Å²) in [6.45, 7) is 2.59. The largest absolute Gasteiger partial charge is 0.481 e. The molecule has 1 atom stereocenters. The first kappa shape index (κ1) is 26.7. The fraction of sp³-hybridized carbons (Fsp3) is 0.176. The summed E-state index contributed by atoms with van der Waals surface area (Å²) in [5.41, 5.74) is 5.71. The second kappa shape index (κ2) is 10.5. The first-order valence-corrected chi connectivity index (χ1v) is 13.8. The Morgan fingerprint density at radius 3 is 2.34 bits per heavy atom. The molecular weight excluding hydrogens is 534 g/mol. The summed E-state index contributed by atoms with van der Waals surface area (Å²) in [4.78, 5) is 30.4. The molecule has 6 rings (SSSR count). The molecule has 0 saturated carbocycles. The zero-order valence-corrected chi connectivity index (χ0v) is 23.3. The molecule has 1 heterocycles. The van der Waals surface area contributed by atoms with Crippen LogP contribution in [0.2, 0.25) is 5.02 Å². The number of carboxylic acid groups (broad SMARTS) is 1. The van der Waals surface area contributed by atoms with Crippen molar-refractivity contribution in [2.45, 2.75) is 32.7 Å². The molecule has 1 aromatic heterocycles. The van der Waals surface area contributed by atoms with Crippen LogP contribution >= 0.6 is 11.6 Å². The van der Waals surface area contributed by atoms with Gasteiger partial charge in [0.1, 0.15) is 11.2 Å². The summed E-state index contributed by atoms with van der Waals surface area (Å²) >= 11 is 6.03. The summed E-state index contributed by atoms with van der Waals surface area (Å²) in [6.07, 6.45) is 0.138. The maximum absolute atomic E-state index is 13.2. The van der Waals surface area contributed by atoms with Gasteiger partial charge in [0, 0.05) is 29.3 Å². The number of nitrogens with one attached hydrogen (secondary N) is 1. The van der Waals surface area contributed by atoms with Crippen molar-refractivity contribution in [2.24, 2.45) is 5.41 Å². The maximum Gasteiger partial charge on any atom is 0.316 e. The van der Waals surface area contributed by atoms with E-state index in [0.29, 0.717) is 17.1 Å². The molecule has 0 saturated heterocycles. The molecule has 1 unspecified atom stereocenters. The molecule has 6 nitrogen and oxygen atoms in total. The number of carbonyl (C=O) groups is 2. The van der Waals surface area contributed by atoms with Crippen molar-refractivity contribution in [3.05, 3.63) is 124 Å². The minimum Gasteiger partial charge on any atom is -0.481 e. The highest BCUT2D eigenvalue weighted by Gasteiger charge is 2.48. The fourth-order valence-electron chi connectivity index (χ4n) is 5.80. The van der Waals surface area contributed by atoms with Crippen molar-refractivity contribution in [2.75, 3.05) is 0 Å². The minimum absolute atomic E-state index is 0.0659. The smallest absolute Gasteiger partial charge is 0.316 e. The number of nitrogens with zero attached hydrogens (tertiary/aromatic N) is 2. The van der Waals surface area contributed by atoms with Crippen molar-refractivity contribution in [3.63, 3.8) is 0 Å². The molecule has 4 aromatic carbocycles. The van der Waals surface area contributed by atoms with Crippen LogP contribution in [-0.2, 0) is 24.2 Å². The third-order valence-corrected chi connectivity index (χ3v) is 8.41. The number of fused-ring (bicyclic) bond motifs is 2. The number of rotatable bonds is 8. The Morgan fingerprint density at radius 2 is 1.61 bits per heavy atom. The van der Waals surface area contributed by atoms with Gasteiger partial charge in [-0.15, -0.1) is 0 Å². The van der Waals surface area contributed by atoms with E-state index >= 15 is 0 Å². The molecule has 0 bridgehead atoms. The van der Waals surface area contributed by atoms with Crippen LogP contribution in [-0.4, -0.2) is 32.1 Å². The highest BCUT2D eigenvalue weighted by Crippen LogP contribution is 2.41. The van der Waals surface area contributed by atoms with Gasteiger partial charge in [-0.3, -0.25) is 9.59 Å². The van der Waals surface area contributed by atoms with Crippen LogP contribution in [0.15, 0.2) is 91.0 Å². The average Bonchev–Trinajstić information content (AvgIpc) is 3.52. The van der Waals surface area contributed by atoms with Gasteiger partial charge in [0.2, 0.25) is 0 Å². The molecule has 7 heteroatoms. The molecule has 0 aliphatic heterocycles. The van der Waals surface area contributed by atoms with Crippen molar-refractivity contribution in [1.82, 2.24) is 9.55 Å². The van der Waals surface area contributed by atoms with Gasteiger partial charge in [-0.1, -0.05) is 78.3 Å². The Labute approximate surface area is 242 Å². The summed E-state index contributed by atoms with van der Waals surface area (Å²) in [6, 6.07) is 28.7. The Balaban J connectivity index is 1.17. The number of carbonyl (C=O) groups excluding carboxylic acids is 1. The third kappa shape index (κ3) is 4.96. The number of hydrogen-bond acceptors (Lipinski definition) is 4. The number of ketones is 1. The second-order valence-corrected chi connectivity index (χ2v) is 11.2. The lowest BCUT2D eigenvalue weighted by Gasteiger charge is -2.24. The van der Waals surface area contributed by atoms with Gasteiger partial charge >= 0.3 is 5.97 Å². The maximum atomic E-state index is 13.2. The van der Waals surface area contributed by atoms with Gasteiger partial charge < -0.3 is 15.1 Å². The van der Waals surface area contributed by atoms with Crippen molar-refractivity contribution in [1.29, 1.82) is 5.41 Å². The van der Waals surface area contributed by atoms with E-state index in [1.165, 1.54) is 0 Å². The number of benzene rings is 4. The number of aliphatic carboxylic acids is 1. The standard InChI is InChI=1S/C34H28ClN3O3/c1-21-37-29-4-2-3-5-30(29)38(21)20-22-6-8-24(9-7-22)31(39)17-32(36)34(33(40)41)18-26-11-10-25(16-27(26)19-34)23-12-14-28(35)15-13-23/h2-16,36H,17-20H2,1H3,(H,40,41). The van der Waals surface area contributed by atoms with Crippen LogP contribution in [0.25, 0.3) is 22.2 Å². The highest BCUT2D eigenvalue weighted by molar-refractivity contribution is 6.30. The van der Waals surface area contributed by atoms with E-state index in [4.69, 9.17) is 17.0 Å². The SMILES string of the molecule is Cc1nc2ccccc2n1Cc1ccc(C(=O)CC(=N)C2(C(=O)O)Cc3ccc(-c4ccc(Cl)cc4)cc3C2)cc1. The normalized spacial score (nSPS) is 16.0. The Kier molecular flexibility index (Phi) is 6.80. The third-order valence-electron chi connectivity index (χ3n) is 8.15. The van der Waals surface area contributed by atoms with E-state index in [9.17, 15) is 14.7 Å². The van der Waals surface area contributed by atoms with E-state index in [0.717, 1.165) is 44.7 Å². The Bertz CT molecular complexity index is 1820.